The summed E-state index contributed by atoms with van der Waals surface area (Å²) in [6.07, 6.45) is 4.38. The highest BCUT2D eigenvalue weighted by Gasteiger charge is 2.30. The average Bonchev–Trinajstić information content (AvgIpc) is 3.92. The maximum absolute atomic E-state index is 13.8. The summed E-state index contributed by atoms with van der Waals surface area (Å²) < 4.78 is 6.08. The van der Waals surface area contributed by atoms with Crippen LogP contribution < -0.4 is 21.4 Å². The molecule has 48 heavy (non-hydrogen) atoms. The zero-order valence-electron chi connectivity index (χ0n) is 26.4. The lowest BCUT2D eigenvalue weighted by Crippen LogP contribution is -2.25. The molecule has 0 unspecified atom stereocenters. The molecule has 0 atom stereocenters. The fourth-order valence-corrected chi connectivity index (χ4v) is 6.50. The first kappa shape index (κ1) is 29.1. The number of ether oxygens (including phenoxy) is 1. The van der Waals surface area contributed by atoms with Crippen molar-refractivity contribution in [2.75, 3.05) is 0 Å². The predicted molar refractivity (Wildman–Crippen MR) is 186 cm³/mol. The minimum Gasteiger partial charge on any atom is -0.486 e. The number of carbonyl (C=O) groups excluding carboxylic acids is 2. The molecule has 0 fully saturated rings. The molecule has 0 amide bonds. The van der Waals surface area contributed by atoms with Gasteiger partial charge in [0.2, 0.25) is 5.78 Å². The zero-order valence-corrected chi connectivity index (χ0v) is 26.4. The lowest BCUT2D eigenvalue weighted by molar-refractivity contribution is -0.118. The Labute approximate surface area is 276 Å². The first-order valence-corrected chi connectivity index (χ1v) is 16.0. The van der Waals surface area contributed by atoms with E-state index in [4.69, 9.17) is 4.74 Å². The molecule has 0 radical (unpaired) electrons. The molecule has 8 bridgehead atoms. The van der Waals surface area contributed by atoms with E-state index in [1.165, 1.54) is 12.2 Å². The van der Waals surface area contributed by atoms with Crippen molar-refractivity contribution >= 4 is 34.4 Å². The van der Waals surface area contributed by atoms with Gasteiger partial charge < -0.3 is 24.7 Å². The van der Waals surface area contributed by atoms with Gasteiger partial charge in [0.15, 0.2) is 11.5 Å². The number of aromatic amines is 4. The fourth-order valence-electron chi connectivity index (χ4n) is 6.50. The smallest absolute Gasteiger partial charge is 0.221 e. The number of carbonyl (C=O) groups is 2. The van der Waals surface area contributed by atoms with Crippen molar-refractivity contribution in [1.82, 2.24) is 19.9 Å². The molecule has 234 valence electrons. The van der Waals surface area contributed by atoms with Gasteiger partial charge in [-0.3, -0.25) is 9.59 Å². The van der Waals surface area contributed by atoms with Crippen LogP contribution in [0.4, 0.5) is 0 Å². The van der Waals surface area contributed by atoms with Crippen LogP contribution in [0.2, 0.25) is 0 Å². The second-order valence-corrected chi connectivity index (χ2v) is 12.2. The molecular formula is C41H32N4O3. The van der Waals surface area contributed by atoms with E-state index in [2.05, 4.69) is 74.5 Å². The lowest BCUT2D eigenvalue weighted by Gasteiger charge is -2.19. The summed E-state index contributed by atoms with van der Waals surface area (Å²) in [5.74, 6) is -0.619. The van der Waals surface area contributed by atoms with Crippen LogP contribution >= 0.6 is 0 Å². The molecular weight excluding hydrogens is 596 g/mol. The van der Waals surface area contributed by atoms with Gasteiger partial charge in [-0.25, -0.2) is 0 Å². The number of nitrogens with one attached hydrogen (secondary N) is 4. The van der Waals surface area contributed by atoms with Crippen molar-refractivity contribution in [3.63, 3.8) is 0 Å². The second-order valence-electron chi connectivity index (χ2n) is 12.2. The van der Waals surface area contributed by atoms with Gasteiger partial charge in [0.1, 0.15) is 0 Å². The summed E-state index contributed by atoms with van der Waals surface area (Å²) in [4.78, 5) is 41.6. The van der Waals surface area contributed by atoms with E-state index in [1.54, 1.807) is 0 Å². The molecule has 2 aliphatic rings. The van der Waals surface area contributed by atoms with Crippen molar-refractivity contribution in [3.8, 4) is 0 Å². The number of rotatable bonds is 5. The molecule has 6 aromatic rings. The SMILES string of the molecule is CC(C)OC1=C(/C2=c3\cc/c([nH]3)=C(\c3ccccc3)c3ccc([nH]3)/C=c3/cc/c([nH]3)=C(\c3ccccc3)c3ccc2[nH]3)C(=O)C=CC1=O. The summed E-state index contributed by atoms with van der Waals surface area (Å²) >= 11 is 0. The maximum atomic E-state index is 13.8. The van der Waals surface area contributed by atoms with E-state index in [0.717, 1.165) is 55.4 Å². The van der Waals surface area contributed by atoms with Crippen LogP contribution in [0, 0.1) is 0 Å². The van der Waals surface area contributed by atoms with Crippen LogP contribution in [0.1, 0.15) is 47.8 Å². The highest BCUT2D eigenvalue weighted by atomic mass is 16.5. The quantitative estimate of drug-likeness (QED) is 0.215. The number of fused-ring (bicyclic) bond motifs is 8. The number of hydrogen-bond acceptors (Lipinski definition) is 3. The molecule has 1 aliphatic carbocycles. The first-order valence-electron chi connectivity index (χ1n) is 16.0. The molecule has 1 aliphatic heterocycles. The number of hydrogen-bond donors (Lipinski definition) is 4. The van der Waals surface area contributed by atoms with Gasteiger partial charge in [-0.15, -0.1) is 0 Å². The normalized spacial score (nSPS) is 18.7. The molecule has 4 N–H and O–H groups in total. The monoisotopic (exact) mass is 628 g/mol. The molecule has 7 heteroatoms. The van der Waals surface area contributed by atoms with Gasteiger partial charge >= 0.3 is 0 Å². The third-order valence-corrected chi connectivity index (χ3v) is 8.53. The van der Waals surface area contributed by atoms with E-state index in [0.29, 0.717) is 16.6 Å². The largest absolute Gasteiger partial charge is 0.486 e. The van der Waals surface area contributed by atoms with Crippen molar-refractivity contribution < 1.29 is 14.3 Å². The molecule has 5 heterocycles. The summed E-state index contributed by atoms with van der Waals surface area (Å²) in [5, 5.41) is 3.38. The van der Waals surface area contributed by atoms with Crippen LogP contribution in [0.25, 0.3) is 22.8 Å². The predicted octanol–water partition coefficient (Wildman–Crippen LogP) is 4.22. The van der Waals surface area contributed by atoms with Crippen molar-refractivity contribution in [2.24, 2.45) is 0 Å². The van der Waals surface area contributed by atoms with Gasteiger partial charge in [-0.1, -0.05) is 60.7 Å². The van der Waals surface area contributed by atoms with Crippen LogP contribution in [0.5, 0.6) is 0 Å². The zero-order chi connectivity index (χ0) is 32.8. The molecule has 0 saturated carbocycles. The Kier molecular flexibility index (Phi) is 7.14. The van der Waals surface area contributed by atoms with Gasteiger partial charge in [0, 0.05) is 60.9 Å². The van der Waals surface area contributed by atoms with E-state index < -0.39 is 0 Å². The third-order valence-electron chi connectivity index (χ3n) is 8.53. The molecule has 0 saturated heterocycles. The van der Waals surface area contributed by atoms with Gasteiger partial charge in [0.25, 0.3) is 0 Å². The molecule has 0 spiro atoms. The second kappa shape index (κ2) is 11.8. The third kappa shape index (κ3) is 5.21. The van der Waals surface area contributed by atoms with Crippen LogP contribution in [-0.2, 0) is 14.3 Å². The van der Waals surface area contributed by atoms with Crippen molar-refractivity contribution in [3.05, 3.63) is 188 Å². The highest BCUT2D eigenvalue weighted by molar-refractivity contribution is 6.25. The summed E-state index contributed by atoms with van der Waals surface area (Å²) in [6, 6.07) is 36.5. The Morgan fingerprint density at radius 2 is 1.04 bits per heavy atom. The summed E-state index contributed by atoms with van der Waals surface area (Å²) in [5.41, 5.74) is 8.09. The minimum absolute atomic E-state index is 0.0345. The van der Waals surface area contributed by atoms with Gasteiger partial charge in [-0.05, 0) is 91.7 Å². The number of benzene rings is 2. The Hall–Kier alpha value is -6.34. The molecule has 2 aromatic carbocycles. The molecule has 8 rings (SSSR count). The number of allylic oxidation sites excluding steroid dienone is 3. The lowest BCUT2D eigenvalue weighted by atomic mass is 9.92. The van der Waals surface area contributed by atoms with E-state index in [-0.39, 0.29) is 29.0 Å². The standard InChI is InChI=1S/C41H32N4O3/c1-24(2)48-41-36(47)22-21-35(46)40(41)39-33-19-17-31(44-33)37(25-9-5-3-6-10-25)29-15-13-27(42-29)23-28-14-16-30(43-28)38(26-11-7-4-8-12-26)32-18-20-34(39)45-32/h3-24,42-45H,1-2H3/b27-23-,28-23?,37-29-,37-31?,38-30?,38-32-,39-33?,39-34+. The van der Waals surface area contributed by atoms with E-state index >= 15 is 0 Å². The Morgan fingerprint density at radius 1 is 0.500 bits per heavy atom. The minimum atomic E-state index is -0.348. The topological polar surface area (TPSA) is 107 Å². The first-order chi connectivity index (χ1) is 23.4. The van der Waals surface area contributed by atoms with Gasteiger partial charge in [-0.2, -0.15) is 0 Å². The van der Waals surface area contributed by atoms with Crippen LogP contribution in [-0.4, -0.2) is 37.6 Å². The van der Waals surface area contributed by atoms with E-state index in [9.17, 15) is 9.59 Å². The maximum Gasteiger partial charge on any atom is 0.221 e. The summed E-state index contributed by atoms with van der Waals surface area (Å²) in [6.45, 7) is 3.69. The Bertz CT molecular complexity index is 2530. The van der Waals surface area contributed by atoms with Crippen LogP contribution in [0.15, 0.2) is 133 Å². The van der Waals surface area contributed by atoms with Crippen molar-refractivity contribution in [1.29, 1.82) is 0 Å². The fraction of sp³-hybridized carbons (Fsp3) is 0.0732. The van der Waals surface area contributed by atoms with E-state index in [1.807, 2.05) is 74.5 Å². The molecule has 7 nitrogen and oxygen atoms in total. The number of ketones is 2. The number of H-pyrrole nitrogens is 4. The van der Waals surface area contributed by atoms with Crippen molar-refractivity contribution in [2.45, 2.75) is 20.0 Å². The number of aromatic nitrogens is 4. The summed E-state index contributed by atoms with van der Waals surface area (Å²) in [7, 11) is 0. The Morgan fingerprint density at radius 3 is 1.71 bits per heavy atom. The average molecular weight is 629 g/mol. The molecule has 4 aromatic heterocycles. The Balaban J connectivity index is 1.52. The van der Waals surface area contributed by atoms with Crippen LogP contribution in [0.3, 0.4) is 0 Å². The van der Waals surface area contributed by atoms with Gasteiger partial charge in [0.05, 0.1) is 11.7 Å². The highest BCUT2D eigenvalue weighted by Crippen LogP contribution is 2.30.